The number of carboxylic acid groups (broad SMARTS) is 1. The number of ether oxygens (including phenoxy) is 1. The molecule has 0 aliphatic carbocycles. The fourth-order valence-corrected chi connectivity index (χ4v) is 2.65. The number of aliphatic carboxylic acids is 1. The van der Waals surface area contributed by atoms with E-state index in [1.54, 1.807) is 26.0 Å². The first-order valence-electron chi connectivity index (χ1n) is 8.38. The highest BCUT2D eigenvalue weighted by atomic mass is 16.6. The molecular formula is C20H23NO5. The number of hydrogen-bond acceptors (Lipinski definition) is 4. The summed E-state index contributed by atoms with van der Waals surface area (Å²) in [6.45, 7) is 3.57. The molecule has 6 heteroatoms. The highest BCUT2D eigenvalue weighted by molar-refractivity contribution is 5.80. The average molecular weight is 357 g/mol. The molecule has 0 heterocycles. The maximum absolute atomic E-state index is 12.5. The van der Waals surface area contributed by atoms with Gasteiger partial charge in [-0.3, -0.25) is 4.90 Å². The Morgan fingerprint density at radius 2 is 1.62 bits per heavy atom. The lowest BCUT2D eigenvalue weighted by Gasteiger charge is -2.31. The largest absolute Gasteiger partial charge is 0.508 e. The van der Waals surface area contributed by atoms with E-state index in [2.05, 4.69) is 0 Å². The minimum atomic E-state index is -1.11. The molecule has 0 aromatic heterocycles. The van der Waals surface area contributed by atoms with Gasteiger partial charge >= 0.3 is 12.1 Å². The molecule has 0 aliphatic rings. The van der Waals surface area contributed by atoms with Gasteiger partial charge in [0, 0.05) is 12.5 Å². The molecule has 0 bridgehead atoms. The molecule has 0 spiro atoms. The van der Waals surface area contributed by atoms with Gasteiger partial charge in [-0.05, 0) is 37.1 Å². The van der Waals surface area contributed by atoms with Crippen LogP contribution in [0.3, 0.4) is 0 Å². The normalized spacial score (nSPS) is 11.8. The molecule has 0 saturated carbocycles. The van der Waals surface area contributed by atoms with Crippen molar-refractivity contribution in [3.8, 4) is 5.75 Å². The predicted molar refractivity (Wildman–Crippen MR) is 96.8 cm³/mol. The summed E-state index contributed by atoms with van der Waals surface area (Å²) in [6.07, 6.45) is -0.552. The quantitative estimate of drug-likeness (QED) is 0.793. The van der Waals surface area contributed by atoms with E-state index in [0.717, 1.165) is 5.56 Å². The second-order valence-electron chi connectivity index (χ2n) is 6.27. The second kappa shape index (κ2) is 8.89. The molecule has 2 aromatic carbocycles. The minimum absolute atomic E-state index is 0.0778. The van der Waals surface area contributed by atoms with Crippen molar-refractivity contribution in [1.82, 2.24) is 4.90 Å². The van der Waals surface area contributed by atoms with Crippen molar-refractivity contribution in [2.75, 3.05) is 0 Å². The standard InChI is InChI=1S/C20H23NO5/c1-14(2)21(20(25)26-13-16-6-4-3-5-7-16)18(19(23)24)12-15-8-10-17(22)11-9-15/h3-11,14,18,22H,12-13H2,1-2H3,(H,23,24)/t18-/m0/s1. The average Bonchev–Trinajstić information content (AvgIpc) is 2.61. The molecule has 0 unspecified atom stereocenters. The number of aromatic hydroxyl groups is 1. The third-order valence-electron chi connectivity index (χ3n) is 3.96. The van der Waals surface area contributed by atoms with Crippen molar-refractivity contribution in [1.29, 1.82) is 0 Å². The number of phenols is 1. The maximum atomic E-state index is 12.5. The Balaban J connectivity index is 2.13. The SMILES string of the molecule is CC(C)N(C(=O)OCc1ccccc1)[C@@H](Cc1ccc(O)cc1)C(=O)O. The number of carbonyl (C=O) groups excluding carboxylic acids is 1. The van der Waals surface area contributed by atoms with Crippen molar-refractivity contribution in [2.45, 2.75) is 39.0 Å². The highest BCUT2D eigenvalue weighted by Crippen LogP contribution is 2.17. The third kappa shape index (κ3) is 5.24. The van der Waals surface area contributed by atoms with Crippen LogP contribution >= 0.6 is 0 Å². The Morgan fingerprint density at radius 3 is 2.15 bits per heavy atom. The Morgan fingerprint density at radius 1 is 1.00 bits per heavy atom. The van der Waals surface area contributed by atoms with Gasteiger partial charge in [-0.1, -0.05) is 42.5 Å². The van der Waals surface area contributed by atoms with Gasteiger partial charge in [0.25, 0.3) is 0 Å². The Kier molecular flexibility index (Phi) is 6.60. The van der Waals surface area contributed by atoms with E-state index in [9.17, 15) is 19.8 Å². The summed E-state index contributed by atoms with van der Waals surface area (Å²) in [5.74, 6) is -1.01. The van der Waals surface area contributed by atoms with Crippen molar-refractivity contribution >= 4 is 12.1 Å². The monoisotopic (exact) mass is 357 g/mol. The van der Waals surface area contributed by atoms with E-state index >= 15 is 0 Å². The molecule has 0 aliphatic heterocycles. The zero-order valence-electron chi connectivity index (χ0n) is 14.8. The molecule has 0 saturated heterocycles. The highest BCUT2D eigenvalue weighted by Gasteiger charge is 2.33. The van der Waals surface area contributed by atoms with Crippen LogP contribution in [0.5, 0.6) is 5.75 Å². The number of amides is 1. The first kappa shape index (κ1) is 19.3. The van der Waals surface area contributed by atoms with Crippen LogP contribution in [0.25, 0.3) is 0 Å². The van der Waals surface area contributed by atoms with E-state index in [-0.39, 0.29) is 24.8 Å². The van der Waals surface area contributed by atoms with Crippen molar-refractivity contribution in [3.05, 3.63) is 65.7 Å². The summed E-state index contributed by atoms with van der Waals surface area (Å²) in [4.78, 5) is 25.6. The summed E-state index contributed by atoms with van der Waals surface area (Å²) < 4.78 is 5.32. The Hall–Kier alpha value is -3.02. The van der Waals surface area contributed by atoms with Crippen LogP contribution in [0.15, 0.2) is 54.6 Å². The zero-order valence-corrected chi connectivity index (χ0v) is 14.8. The summed E-state index contributed by atoms with van der Waals surface area (Å²) in [6, 6.07) is 14.0. The van der Waals surface area contributed by atoms with Gasteiger partial charge in [-0.25, -0.2) is 9.59 Å². The van der Waals surface area contributed by atoms with Crippen LogP contribution in [0.1, 0.15) is 25.0 Å². The van der Waals surface area contributed by atoms with Gasteiger partial charge in [-0.2, -0.15) is 0 Å². The van der Waals surface area contributed by atoms with Crippen LogP contribution < -0.4 is 0 Å². The topological polar surface area (TPSA) is 87.1 Å². The van der Waals surface area contributed by atoms with Gasteiger partial charge < -0.3 is 14.9 Å². The molecule has 2 rings (SSSR count). The smallest absolute Gasteiger partial charge is 0.411 e. The molecule has 0 radical (unpaired) electrons. The van der Waals surface area contributed by atoms with Gasteiger partial charge in [0.05, 0.1) is 0 Å². The van der Waals surface area contributed by atoms with Crippen molar-refractivity contribution in [3.63, 3.8) is 0 Å². The van der Waals surface area contributed by atoms with Gasteiger partial charge in [0.1, 0.15) is 18.4 Å². The van der Waals surface area contributed by atoms with Gasteiger partial charge in [0.2, 0.25) is 0 Å². The zero-order chi connectivity index (χ0) is 19.1. The lowest BCUT2D eigenvalue weighted by Crippen LogP contribution is -2.50. The van der Waals surface area contributed by atoms with Crippen molar-refractivity contribution < 1.29 is 24.5 Å². The number of rotatable bonds is 7. The molecule has 138 valence electrons. The number of phenolic OH excluding ortho intramolecular Hbond substituents is 1. The number of benzene rings is 2. The fourth-order valence-electron chi connectivity index (χ4n) is 2.65. The molecule has 2 aromatic rings. The molecule has 1 atom stereocenters. The molecular weight excluding hydrogens is 334 g/mol. The summed E-state index contributed by atoms with van der Waals surface area (Å²) >= 11 is 0. The van der Waals surface area contributed by atoms with Crippen LogP contribution in [0.2, 0.25) is 0 Å². The van der Waals surface area contributed by atoms with Crippen LogP contribution in [-0.2, 0) is 22.6 Å². The maximum Gasteiger partial charge on any atom is 0.411 e. The number of nitrogens with zero attached hydrogens (tertiary/aromatic N) is 1. The molecule has 1 amide bonds. The molecule has 0 fully saturated rings. The first-order chi connectivity index (χ1) is 12.4. The number of carbonyl (C=O) groups is 2. The van der Waals surface area contributed by atoms with E-state index in [1.165, 1.54) is 17.0 Å². The number of hydrogen-bond donors (Lipinski definition) is 2. The number of carboxylic acids is 1. The minimum Gasteiger partial charge on any atom is -0.508 e. The first-order valence-corrected chi connectivity index (χ1v) is 8.38. The third-order valence-corrected chi connectivity index (χ3v) is 3.96. The summed E-state index contributed by atoms with van der Waals surface area (Å²) in [5, 5.41) is 19.0. The summed E-state index contributed by atoms with van der Waals surface area (Å²) in [7, 11) is 0. The lowest BCUT2D eigenvalue weighted by atomic mass is 10.0. The second-order valence-corrected chi connectivity index (χ2v) is 6.27. The van der Waals surface area contributed by atoms with Crippen LogP contribution in [0.4, 0.5) is 4.79 Å². The van der Waals surface area contributed by atoms with Crippen LogP contribution in [0, 0.1) is 0 Å². The van der Waals surface area contributed by atoms with Crippen LogP contribution in [-0.4, -0.2) is 39.3 Å². The molecule has 6 nitrogen and oxygen atoms in total. The summed E-state index contributed by atoms with van der Waals surface area (Å²) in [5.41, 5.74) is 1.53. The van der Waals surface area contributed by atoms with Gasteiger partial charge in [0.15, 0.2) is 0 Å². The molecule has 2 N–H and O–H groups in total. The van der Waals surface area contributed by atoms with E-state index in [4.69, 9.17) is 4.74 Å². The molecule has 26 heavy (non-hydrogen) atoms. The van der Waals surface area contributed by atoms with E-state index in [0.29, 0.717) is 5.56 Å². The Labute approximate surface area is 152 Å². The lowest BCUT2D eigenvalue weighted by molar-refractivity contribution is -0.143. The fraction of sp³-hybridized carbons (Fsp3) is 0.300. The Bertz CT molecular complexity index is 728. The van der Waals surface area contributed by atoms with E-state index < -0.39 is 18.1 Å². The predicted octanol–water partition coefficient (Wildman–Crippen LogP) is 3.44. The van der Waals surface area contributed by atoms with E-state index in [1.807, 2.05) is 30.3 Å². The van der Waals surface area contributed by atoms with Gasteiger partial charge in [-0.15, -0.1) is 0 Å². The van der Waals surface area contributed by atoms with Crippen molar-refractivity contribution in [2.24, 2.45) is 0 Å².